The molecule has 0 fully saturated rings. The van der Waals surface area contributed by atoms with Crippen LogP contribution in [0.25, 0.3) is 21.9 Å². The Morgan fingerprint density at radius 1 is 1.24 bits per heavy atom. The van der Waals surface area contributed by atoms with E-state index in [9.17, 15) is 0 Å². The lowest BCUT2D eigenvalue weighted by molar-refractivity contribution is 0.530. The summed E-state index contributed by atoms with van der Waals surface area (Å²) in [5.41, 5.74) is 4.63. The van der Waals surface area contributed by atoms with Crippen LogP contribution in [-0.4, -0.2) is 9.55 Å². The first-order chi connectivity index (χ1) is 12.2. The minimum atomic E-state index is 0.148. The molecule has 3 aromatic rings. The van der Waals surface area contributed by atoms with Crippen LogP contribution in [0.5, 0.6) is 0 Å². The van der Waals surface area contributed by atoms with Gasteiger partial charge in [-0.1, -0.05) is 52.0 Å². The van der Waals surface area contributed by atoms with E-state index in [1.165, 1.54) is 21.9 Å². The number of nitrogens with zero attached hydrogens (tertiary/aromatic N) is 2. The second kappa shape index (κ2) is 7.56. The smallest absolute Gasteiger partial charge is 0.141 e. The van der Waals surface area contributed by atoms with Gasteiger partial charge in [0.05, 0.1) is 11.6 Å². The largest absolute Gasteiger partial charge is 0.364 e. The van der Waals surface area contributed by atoms with Crippen molar-refractivity contribution in [1.82, 2.24) is 14.9 Å². The van der Waals surface area contributed by atoms with Crippen LogP contribution in [0.2, 0.25) is 0 Å². The number of rotatable bonds is 8. The normalized spacial score (nSPS) is 12.4. The molecule has 3 rings (SSSR count). The van der Waals surface area contributed by atoms with E-state index in [-0.39, 0.29) is 6.04 Å². The maximum absolute atomic E-state index is 4.73. The highest BCUT2D eigenvalue weighted by atomic mass is 15.1. The van der Waals surface area contributed by atoms with Crippen molar-refractivity contribution in [2.45, 2.75) is 45.6 Å². The van der Waals surface area contributed by atoms with E-state index < -0.39 is 0 Å². The summed E-state index contributed by atoms with van der Waals surface area (Å²) in [6.07, 6.45) is 7.88. The summed E-state index contributed by atoms with van der Waals surface area (Å²) in [5.74, 6) is 0. The van der Waals surface area contributed by atoms with Crippen LogP contribution in [0.1, 0.15) is 44.7 Å². The number of fused-ring (bicyclic) bond motifs is 3. The highest BCUT2D eigenvalue weighted by Crippen LogP contribution is 2.36. The molecule has 0 aliphatic rings. The van der Waals surface area contributed by atoms with Crippen molar-refractivity contribution in [3.05, 3.63) is 67.1 Å². The molecule has 0 saturated heterocycles. The van der Waals surface area contributed by atoms with E-state index in [1.807, 2.05) is 12.3 Å². The van der Waals surface area contributed by atoms with E-state index in [2.05, 4.69) is 61.2 Å². The molecule has 1 aromatic carbocycles. The fourth-order valence-corrected chi connectivity index (χ4v) is 3.75. The molecule has 0 saturated carbocycles. The fraction of sp³-hybridized carbons (Fsp3) is 0.318. The zero-order valence-electron chi connectivity index (χ0n) is 15.3. The Morgan fingerprint density at radius 3 is 2.80 bits per heavy atom. The van der Waals surface area contributed by atoms with E-state index in [4.69, 9.17) is 4.98 Å². The minimum absolute atomic E-state index is 0.148. The van der Waals surface area contributed by atoms with Crippen LogP contribution in [0.4, 0.5) is 0 Å². The van der Waals surface area contributed by atoms with Gasteiger partial charge in [0.2, 0.25) is 0 Å². The summed E-state index contributed by atoms with van der Waals surface area (Å²) in [6.45, 7) is 12.5. The van der Waals surface area contributed by atoms with Gasteiger partial charge in [0.1, 0.15) is 5.65 Å². The van der Waals surface area contributed by atoms with Crippen molar-refractivity contribution < 1.29 is 0 Å². The first kappa shape index (κ1) is 17.3. The van der Waals surface area contributed by atoms with Crippen LogP contribution in [0, 0.1) is 0 Å². The van der Waals surface area contributed by atoms with Gasteiger partial charge in [-0.25, -0.2) is 4.98 Å². The number of hydrogen-bond acceptors (Lipinski definition) is 2. The molecule has 0 amide bonds. The van der Waals surface area contributed by atoms with E-state index in [0.717, 1.165) is 37.0 Å². The van der Waals surface area contributed by atoms with E-state index >= 15 is 0 Å². The maximum Gasteiger partial charge on any atom is 0.141 e. The molecular weight excluding hydrogens is 306 g/mol. The van der Waals surface area contributed by atoms with Crippen molar-refractivity contribution >= 4 is 21.9 Å². The Labute approximate surface area is 150 Å². The molecule has 3 nitrogen and oxygen atoms in total. The molecule has 0 spiro atoms. The third kappa shape index (κ3) is 3.07. The predicted octanol–water partition coefficient (Wildman–Crippen LogP) is 5.73. The van der Waals surface area contributed by atoms with Crippen LogP contribution >= 0.6 is 0 Å². The van der Waals surface area contributed by atoms with Crippen molar-refractivity contribution in [3.8, 4) is 0 Å². The molecule has 130 valence electrons. The second-order valence-corrected chi connectivity index (χ2v) is 6.48. The minimum Gasteiger partial charge on any atom is -0.364 e. The number of nitrogens with one attached hydrogen (secondary N) is 1. The Kier molecular flexibility index (Phi) is 5.22. The van der Waals surface area contributed by atoms with Gasteiger partial charge in [0.25, 0.3) is 0 Å². The van der Waals surface area contributed by atoms with Crippen molar-refractivity contribution in [2.75, 3.05) is 0 Å². The Morgan fingerprint density at radius 2 is 2.08 bits per heavy atom. The SMILES string of the molecule is C=CNC(=C)C(CCC)n1c2cccc(CCC)c2c2cccnc21. The zero-order valence-corrected chi connectivity index (χ0v) is 15.3. The number of allylic oxidation sites excluding steroid dienone is 1. The highest BCUT2D eigenvalue weighted by Gasteiger charge is 2.21. The molecule has 0 radical (unpaired) electrons. The quantitative estimate of drug-likeness (QED) is 0.570. The number of benzene rings is 1. The third-order valence-electron chi connectivity index (χ3n) is 4.76. The van der Waals surface area contributed by atoms with Gasteiger partial charge >= 0.3 is 0 Å². The van der Waals surface area contributed by atoms with Gasteiger partial charge in [-0.05, 0) is 42.8 Å². The number of hydrogen-bond donors (Lipinski definition) is 1. The molecule has 3 heteroatoms. The molecule has 1 N–H and O–H groups in total. The molecule has 1 atom stereocenters. The van der Waals surface area contributed by atoms with E-state index in [1.54, 1.807) is 6.20 Å². The highest BCUT2D eigenvalue weighted by molar-refractivity contribution is 6.08. The van der Waals surface area contributed by atoms with Crippen LogP contribution < -0.4 is 5.32 Å². The lowest BCUT2D eigenvalue weighted by Gasteiger charge is -2.23. The van der Waals surface area contributed by atoms with Gasteiger partial charge in [0, 0.05) is 22.7 Å². The molecule has 1 unspecified atom stereocenters. The van der Waals surface area contributed by atoms with E-state index in [0.29, 0.717) is 0 Å². The van der Waals surface area contributed by atoms with Crippen LogP contribution in [-0.2, 0) is 6.42 Å². The van der Waals surface area contributed by atoms with Gasteiger partial charge < -0.3 is 9.88 Å². The topological polar surface area (TPSA) is 29.9 Å². The summed E-state index contributed by atoms with van der Waals surface area (Å²) < 4.78 is 2.35. The first-order valence-electron chi connectivity index (χ1n) is 9.15. The number of aromatic nitrogens is 2. The summed E-state index contributed by atoms with van der Waals surface area (Å²) in [7, 11) is 0. The number of aryl methyl sites for hydroxylation is 1. The zero-order chi connectivity index (χ0) is 17.8. The van der Waals surface area contributed by atoms with Crippen molar-refractivity contribution in [1.29, 1.82) is 0 Å². The summed E-state index contributed by atoms with van der Waals surface area (Å²) in [4.78, 5) is 4.73. The second-order valence-electron chi connectivity index (χ2n) is 6.48. The first-order valence-corrected chi connectivity index (χ1v) is 9.15. The molecule has 0 aliphatic heterocycles. The van der Waals surface area contributed by atoms with Crippen molar-refractivity contribution in [3.63, 3.8) is 0 Å². The van der Waals surface area contributed by atoms with Crippen LogP contribution in [0.3, 0.4) is 0 Å². The molecule has 25 heavy (non-hydrogen) atoms. The molecule has 2 aromatic heterocycles. The molecular formula is C22H27N3. The van der Waals surface area contributed by atoms with Gasteiger partial charge in [-0.15, -0.1) is 0 Å². The average Bonchev–Trinajstić information content (AvgIpc) is 2.95. The van der Waals surface area contributed by atoms with Gasteiger partial charge in [-0.3, -0.25) is 0 Å². The molecule has 0 aliphatic carbocycles. The van der Waals surface area contributed by atoms with Crippen LogP contribution in [0.15, 0.2) is 61.6 Å². The summed E-state index contributed by atoms with van der Waals surface area (Å²) in [6, 6.07) is 11.0. The lowest BCUT2D eigenvalue weighted by Crippen LogP contribution is -2.19. The van der Waals surface area contributed by atoms with Crippen molar-refractivity contribution in [2.24, 2.45) is 0 Å². The number of pyridine rings is 1. The standard InChI is InChI=1S/C22H27N3/c1-5-10-17-12-8-14-20-21(17)18-13-9-15-24-22(18)25(20)19(11-6-2)16(4)23-7-3/h7-9,12-15,19,23H,3-6,10-11H2,1-2H3. The Hall–Kier alpha value is -2.55. The Bertz CT molecular complexity index is 904. The average molecular weight is 333 g/mol. The summed E-state index contributed by atoms with van der Waals surface area (Å²) >= 11 is 0. The third-order valence-corrected chi connectivity index (χ3v) is 4.76. The summed E-state index contributed by atoms with van der Waals surface area (Å²) in [5, 5.41) is 5.77. The van der Waals surface area contributed by atoms with Gasteiger partial charge in [0.15, 0.2) is 0 Å². The fourth-order valence-electron chi connectivity index (χ4n) is 3.75. The maximum atomic E-state index is 4.73. The molecule has 2 heterocycles. The Balaban J connectivity index is 2.33. The monoisotopic (exact) mass is 333 g/mol. The van der Waals surface area contributed by atoms with Gasteiger partial charge in [-0.2, -0.15) is 0 Å². The molecule has 0 bridgehead atoms. The lowest BCUT2D eigenvalue weighted by atomic mass is 10.0. The predicted molar refractivity (Wildman–Crippen MR) is 108 cm³/mol.